The molecule has 0 aliphatic heterocycles. The predicted octanol–water partition coefficient (Wildman–Crippen LogP) is 3.29. The largest absolute Gasteiger partial charge is 0.407 e. The maximum Gasteiger partial charge on any atom is 0.289 e. The summed E-state index contributed by atoms with van der Waals surface area (Å²) in [7, 11) is 0. The van der Waals surface area contributed by atoms with E-state index in [9.17, 15) is 13.2 Å². The first-order valence-corrected chi connectivity index (χ1v) is 8.27. The SMILES string of the molecule is CC(CO)N=C(N)OC(=N)c1c(-c2ccc(F)cc2)[nH]c2c(F)cc(F)cc12. The fraction of sp³-hybridized carbons (Fsp3) is 0.158. The molecule has 0 bridgehead atoms. The number of hydrogen-bond donors (Lipinski definition) is 4. The van der Waals surface area contributed by atoms with E-state index in [0.29, 0.717) is 11.6 Å². The second-order valence-corrected chi connectivity index (χ2v) is 6.12. The van der Waals surface area contributed by atoms with Gasteiger partial charge in [-0.3, -0.25) is 5.41 Å². The number of aliphatic hydroxyl groups is 1. The lowest BCUT2D eigenvalue weighted by Crippen LogP contribution is -2.24. The van der Waals surface area contributed by atoms with Crippen molar-refractivity contribution in [2.24, 2.45) is 10.7 Å². The van der Waals surface area contributed by atoms with Gasteiger partial charge < -0.3 is 20.6 Å². The molecular formula is C19H17F3N4O2. The van der Waals surface area contributed by atoms with Crippen molar-refractivity contribution in [2.45, 2.75) is 13.0 Å². The van der Waals surface area contributed by atoms with Crippen LogP contribution in [0.1, 0.15) is 12.5 Å². The Morgan fingerprint density at radius 2 is 1.89 bits per heavy atom. The number of amidine groups is 1. The standard InChI is InChI=1S/C19H17F3N4O2/c1-9(8-27)25-19(24)28-18(23)15-13-6-12(21)7-14(22)17(13)26-16(15)10-2-4-11(20)5-3-10/h2-7,9,23,26-27H,8H2,1H3,(H2,24,25). The minimum atomic E-state index is -0.854. The molecule has 0 spiro atoms. The molecule has 6 nitrogen and oxygen atoms in total. The van der Waals surface area contributed by atoms with E-state index in [1.807, 2.05) is 0 Å². The quantitative estimate of drug-likeness (QED) is 0.406. The minimum absolute atomic E-state index is 0.0369. The van der Waals surface area contributed by atoms with Gasteiger partial charge in [0.05, 0.1) is 29.4 Å². The van der Waals surface area contributed by atoms with Crippen LogP contribution in [0.2, 0.25) is 0 Å². The third kappa shape index (κ3) is 3.84. The lowest BCUT2D eigenvalue weighted by molar-refractivity contribution is 0.273. The summed E-state index contributed by atoms with van der Waals surface area (Å²) in [6.07, 6.45) is 0. The zero-order valence-electron chi connectivity index (χ0n) is 14.8. The van der Waals surface area contributed by atoms with Crippen LogP contribution in [-0.2, 0) is 4.74 Å². The molecule has 9 heteroatoms. The molecular weight excluding hydrogens is 373 g/mol. The molecule has 0 aliphatic rings. The Morgan fingerprint density at radius 3 is 2.54 bits per heavy atom. The van der Waals surface area contributed by atoms with Gasteiger partial charge >= 0.3 is 0 Å². The number of halogens is 3. The van der Waals surface area contributed by atoms with Crippen LogP contribution in [0.3, 0.4) is 0 Å². The van der Waals surface area contributed by atoms with Gasteiger partial charge in [-0.15, -0.1) is 0 Å². The van der Waals surface area contributed by atoms with Gasteiger partial charge in [-0.25, -0.2) is 18.2 Å². The van der Waals surface area contributed by atoms with E-state index in [4.69, 9.17) is 21.0 Å². The number of rotatable bonds is 4. The monoisotopic (exact) mass is 390 g/mol. The van der Waals surface area contributed by atoms with Gasteiger partial charge in [0.1, 0.15) is 17.5 Å². The molecule has 1 atom stereocenters. The van der Waals surface area contributed by atoms with Gasteiger partial charge in [-0.2, -0.15) is 0 Å². The van der Waals surface area contributed by atoms with Crippen LogP contribution in [0.5, 0.6) is 0 Å². The average Bonchev–Trinajstić information content (AvgIpc) is 3.01. The third-order valence-electron chi connectivity index (χ3n) is 4.00. The Labute approximate surface area is 158 Å². The van der Waals surface area contributed by atoms with E-state index in [-0.39, 0.29) is 34.8 Å². The maximum absolute atomic E-state index is 14.2. The molecule has 3 aromatic rings. The van der Waals surface area contributed by atoms with Crippen LogP contribution in [0.15, 0.2) is 41.4 Å². The van der Waals surface area contributed by atoms with Gasteiger partial charge in [0, 0.05) is 11.5 Å². The van der Waals surface area contributed by atoms with Crippen LogP contribution in [0.25, 0.3) is 22.2 Å². The molecule has 1 heterocycles. The molecule has 2 aromatic carbocycles. The highest BCUT2D eigenvalue weighted by Gasteiger charge is 2.22. The van der Waals surface area contributed by atoms with Crippen LogP contribution < -0.4 is 5.73 Å². The van der Waals surface area contributed by atoms with Gasteiger partial charge in [0.2, 0.25) is 5.90 Å². The van der Waals surface area contributed by atoms with E-state index in [0.717, 1.165) is 6.07 Å². The summed E-state index contributed by atoms with van der Waals surface area (Å²) in [4.78, 5) is 6.64. The smallest absolute Gasteiger partial charge is 0.289 e. The second-order valence-electron chi connectivity index (χ2n) is 6.12. The number of aromatic amines is 1. The molecule has 1 unspecified atom stereocenters. The molecule has 0 radical (unpaired) electrons. The van der Waals surface area contributed by atoms with Gasteiger partial charge in [0.15, 0.2) is 0 Å². The number of aliphatic imine (C=N–C) groups is 1. The molecule has 146 valence electrons. The molecule has 5 N–H and O–H groups in total. The van der Waals surface area contributed by atoms with Crippen molar-refractivity contribution in [2.75, 3.05) is 6.61 Å². The summed E-state index contributed by atoms with van der Waals surface area (Å²) in [6, 6.07) is 6.08. The van der Waals surface area contributed by atoms with Crippen molar-refractivity contribution in [1.82, 2.24) is 4.98 Å². The molecule has 0 aliphatic carbocycles. The summed E-state index contributed by atoms with van der Waals surface area (Å²) < 4.78 is 46.5. The van der Waals surface area contributed by atoms with Gasteiger partial charge in [-0.05, 0) is 42.8 Å². The highest BCUT2D eigenvalue weighted by Crippen LogP contribution is 2.33. The van der Waals surface area contributed by atoms with E-state index in [1.165, 1.54) is 24.3 Å². The first kappa shape index (κ1) is 19.4. The molecule has 0 fully saturated rings. The maximum atomic E-state index is 14.2. The molecule has 0 saturated heterocycles. The molecule has 28 heavy (non-hydrogen) atoms. The van der Waals surface area contributed by atoms with E-state index in [2.05, 4.69) is 9.98 Å². The highest BCUT2D eigenvalue weighted by atomic mass is 19.1. The number of nitrogens with two attached hydrogens (primary N) is 1. The van der Waals surface area contributed by atoms with Crippen molar-refractivity contribution in [3.8, 4) is 11.3 Å². The van der Waals surface area contributed by atoms with Crippen LogP contribution in [0, 0.1) is 22.9 Å². The Balaban J connectivity index is 2.15. The Morgan fingerprint density at radius 1 is 1.21 bits per heavy atom. The Hall–Kier alpha value is -3.33. The number of fused-ring (bicyclic) bond motifs is 1. The average molecular weight is 390 g/mol. The number of aromatic nitrogens is 1. The van der Waals surface area contributed by atoms with E-state index < -0.39 is 29.4 Å². The lowest BCUT2D eigenvalue weighted by Gasteiger charge is -2.10. The number of nitrogens with zero attached hydrogens (tertiary/aromatic N) is 1. The summed E-state index contributed by atoms with van der Waals surface area (Å²) in [6.45, 7) is 1.31. The van der Waals surface area contributed by atoms with Crippen molar-refractivity contribution >= 4 is 22.8 Å². The normalized spacial score (nSPS) is 13.0. The number of ether oxygens (including phenoxy) is 1. The number of H-pyrrole nitrogens is 1. The first-order valence-electron chi connectivity index (χ1n) is 8.27. The van der Waals surface area contributed by atoms with Crippen LogP contribution in [-0.4, -0.2) is 34.7 Å². The second kappa shape index (κ2) is 7.73. The third-order valence-corrected chi connectivity index (χ3v) is 4.00. The zero-order valence-corrected chi connectivity index (χ0v) is 14.8. The van der Waals surface area contributed by atoms with E-state index in [1.54, 1.807) is 6.92 Å². The molecule has 3 rings (SSSR count). The Bertz CT molecular complexity index is 1060. The van der Waals surface area contributed by atoms with Gasteiger partial charge in [0.25, 0.3) is 6.02 Å². The van der Waals surface area contributed by atoms with Crippen molar-refractivity contribution in [3.63, 3.8) is 0 Å². The minimum Gasteiger partial charge on any atom is -0.407 e. The number of hydrogen-bond acceptors (Lipinski definition) is 4. The molecule has 0 amide bonds. The number of aliphatic hydroxyl groups excluding tert-OH is 1. The fourth-order valence-corrected chi connectivity index (χ4v) is 2.73. The lowest BCUT2D eigenvalue weighted by atomic mass is 10.0. The molecule has 0 saturated carbocycles. The summed E-state index contributed by atoms with van der Waals surface area (Å²) in [5.41, 5.74) is 6.30. The van der Waals surface area contributed by atoms with Gasteiger partial charge in [-0.1, -0.05) is 0 Å². The fourth-order valence-electron chi connectivity index (χ4n) is 2.73. The Kier molecular flexibility index (Phi) is 5.36. The van der Waals surface area contributed by atoms with E-state index >= 15 is 0 Å². The predicted molar refractivity (Wildman–Crippen MR) is 99.7 cm³/mol. The summed E-state index contributed by atoms with van der Waals surface area (Å²) in [5.74, 6) is -2.67. The topological polar surface area (TPSA) is 107 Å². The first-order chi connectivity index (χ1) is 13.3. The summed E-state index contributed by atoms with van der Waals surface area (Å²) in [5, 5.41) is 17.3. The highest BCUT2D eigenvalue weighted by molar-refractivity contribution is 6.13. The van der Waals surface area contributed by atoms with Crippen molar-refractivity contribution < 1.29 is 23.0 Å². The van der Waals surface area contributed by atoms with Crippen LogP contribution >= 0.6 is 0 Å². The number of benzene rings is 2. The van der Waals surface area contributed by atoms with Crippen molar-refractivity contribution in [1.29, 1.82) is 5.41 Å². The van der Waals surface area contributed by atoms with Crippen LogP contribution in [0.4, 0.5) is 13.2 Å². The number of nitrogens with one attached hydrogen (secondary N) is 2. The summed E-state index contributed by atoms with van der Waals surface area (Å²) >= 11 is 0. The zero-order chi connectivity index (χ0) is 20.4. The van der Waals surface area contributed by atoms with Crippen molar-refractivity contribution in [3.05, 3.63) is 59.4 Å². The molecule has 1 aromatic heterocycles.